The number of amides is 1. The van der Waals surface area contributed by atoms with Crippen LogP contribution in [-0.2, 0) is 9.59 Å². The number of likely N-dealkylation sites (tertiary alicyclic amines) is 1. The molecule has 1 aliphatic heterocycles. The summed E-state index contributed by atoms with van der Waals surface area (Å²) in [6.45, 7) is 1.83. The van der Waals surface area contributed by atoms with E-state index in [9.17, 15) is 9.59 Å². The van der Waals surface area contributed by atoms with E-state index in [-0.39, 0.29) is 11.8 Å². The molecular formula is C9H16N2O2. The molecule has 0 aromatic heterocycles. The fourth-order valence-corrected chi connectivity index (χ4v) is 1.57. The Hall–Kier alpha value is -0.900. The predicted octanol–water partition coefficient (Wildman–Crippen LogP) is -0.227. The summed E-state index contributed by atoms with van der Waals surface area (Å²) in [7, 11) is 0. The number of carbonyl (C=O) groups excluding carboxylic acids is 2. The molecule has 0 aliphatic carbocycles. The van der Waals surface area contributed by atoms with E-state index in [1.54, 1.807) is 4.90 Å². The molecule has 0 spiro atoms. The lowest BCUT2D eigenvalue weighted by atomic mass is 9.98. The van der Waals surface area contributed by atoms with Crippen LogP contribution < -0.4 is 5.73 Å². The lowest BCUT2D eigenvalue weighted by Crippen LogP contribution is -2.39. The fourth-order valence-electron chi connectivity index (χ4n) is 1.57. The molecule has 0 radical (unpaired) electrons. The van der Waals surface area contributed by atoms with Crippen molar-refractivity contribution < 1.29 is 9.59 Å². The first-order valence-electron chi connectivity index (χ1n) is 4.71. The Kier molecular flexibility index (Phi) is 3.89. The van der Waals surface area contributed by atoms with E-state index < -0.39 is 0 Å². The second-order valence-corrected chi connectivity index (χ2v) is 3.39. The number of hydrogen-bond donors (Lipinski definition) is 1. The maximum absolute atomic E-state index is 11.4. The Labute approximate surface area is 78.1 Å². The van der Waals surface area contributed by atoms with E-state index in [1.807, 2.05) is 0 Å². The van der Waals surface area contributed by atoms with Gasteiger partial charge in [-0.05, 0) is 12.8 Å². The third-order valence-corrected chi connectivity index (χ3v) is 2.44. The molecule has 1 saturated heterocycles. The highest BCUT2D eigenvalue weighted by atomic mass is 16.2. The topological polar surface area (TPSA) is 63.4 Å². The summed E-state index contributed by atoms with van der Waals surface area (Å²) in [5, 5.41) is 0. The molecule has 1 amide bonds. The van der Waals surface area contributed by atoms with Gasteiger partial charge in [0, 0.05) is 32.0 Å². The summed E-state index contributed by atoms with van der Waals surface area (Å²) in [5.41, 5.74) is 5.29. The predicted molar refractivity (Wildman–Crippen MR) is 49.0 cm³/mol. The third kappa shape index (κ3) is 2.81. The van der Waals surface area contributed by atoms with Gasteiger partial charge >= 0.3 is 0 Å². The smallest absolute Gasteiger partial charge is 0.223 e. The molecule has 0 saturated carbocycles. The maximum atomic E-state index is 11.4. The SMILES string of the molecule is NCCC(=O)N1CCC(C=O)CC1. The van der Waals surface area contributed by atoms with Gasteiger partial charge in [-0.1, -0.05) is 0 Å². The molecule has 0 bridgehead atoms. The van der Waals surface area contributed by atoms with Crippen molar-refractivity contribution in [3.8, 4) is 0 Å². The normalized spacial score (nSPS) is 18.7. The molecule has 0 aromatic carbocycles. The standard InChI is InChI=1S/C9H16N2O2/c10-4-1-9(13)11-5-2-8(7-12)3-6-11/h7-8H,1-6,10H2. The molecule has 1 heterocycles. The van der Waals surface area contributed by atoms with Gasteiger partial charge in [0.1, 0.15) is 6.29 Å². The second-order valence-electron chi connectivity index (χ2n) is 3.39. The number of carbonyl (C=O) groups is 2. The van der Waals surface area contributed by atoms with E-state index in [2.05, 4.69) is 0 Å². The van der Waals surface area contributed by atoms with E-state index >= 15 is 0 Å². The number of nitrogens with two attached hydrogens (primary N) is 1. The van der Waals surface area contributed by atoms with Gasteiger partial charge < -0.3 is 15.4 Å². The Balaban J connectivity index is 2.31. The molecule has 0 aromatic rings. The molecule has 2 N–H and O–H groups in total. The van der Waals surface area contributed by atoms with Crippen molar-refractivity contribution in [1.82, 2.24) is 4.90 Å². The molecule has 13 heavy (non-hydrogen) atoms. The molecule has 1 rings (SSSR count). The van der Waals surface area contributed by atoms with Gasteiger partial charge in [-0.2, -0.15) is 0 Å². The summed E-state index contributed by atoms with van der Waals surface area (Å²) < 4.78 is 0. The summed E-state index contributed by atoms with van der Waals surface area (Å²) in [4.78, 5) is 23.6. The van der Waals surface area contributed by atoms with Crippen LogP contribution in [-0.4, -0.2) is 36.7 Å². The molecule has 1 fully saturated rings. The van der Waals surface area contributed by atoms with Gasteiger partial charge in [-0.3, -0.25) is 4.79 Å². The zero-order chi connectivity index (χ0) is 9.68. The Morgan fingerprint density at radius 1 is 1.46 bits per heavy atom. The number of nitrogens with zero attached hydrogens (tertiary/aromatic N) is 1. The van der Waals surface area contributed by atoms with Crippen LogP contribution in [0.3, 0.4) is 0 Å². The maximum Gasteiger partial charge on any atom is 0.223 e. The van der Waals surface area contributed by atoms with Gasteiger partial charge in [-0.15, -0.1) is 0 Å². The molecule has 4 nitrogen and oxygen atoms in total. The molecule has 0 atom stereocenters. The first kappa shape index (κ1) is 10.2. The van der Waals surface area contributed by atoms with Crippen molar-refractivity contribution in [2.45, 2.75) is 19.3 Å². The minimum absolute atomic E-state index is 0.117. The van der Waals surface area contributed by atoms with Crippen LogP contribution in [0.4, 0.5) is 0 Å². The third-order valence-electron chi connectivity index (χ3n) is 2.44. The molecule has 1 aliphatic rings. The first-order valence-corrected chi connectivity index (χ1v) is 4.71. The highest BCUT2D eigenvalue weighted by Crippen LogP contribution is 2.15. The van der Waals surface area contributed by atoms with Crippen LogP contribution in [0.15, 0.2) is 0 Å². The van der Waals surface area contributed by atoms with Gasteiger partial charge in [0.15, 0.2) is 0 Å². The summed E-state index contributed by atoms with van der Waals surface area (Å²) >= 11 is 0. The number of piperidine rings is 1. The number of aldehydes is 1. The highest BCUT2D eigenvalue weighted by molar-refractivity contribution is 5.76. The van der Waals surface area contributed by atoms with Crippen molar-refractivity contribution in [3.05, 3.63) is 0 Å². The number of rotatable bonds is 3. The second kappa shape index (κ2) is 4.97. The summed E-state index contributed by atoms with van der Waals surface area (Å²) in [6, 6.07) is 0. The van der Waals surface area contributed by atoms with Crippen LogP contribution in [0.5, 0.6) is 0 Å². The molecule has 74 valence electrons. The van der Waals surface area contributed by atoms with Crippen molar-refractivity contribution >= 4 is 12.2 Å². The molecule has 0 unspecified atom stereocenters. The van der Waals surface area contributed by atoms with E-state index in [1.165, 1.54) is 0 Å². The Morgan fingerprint density at radius 2 is 2.08 bits per heavy atom. The van der Waals surface area contributed by atoms with E-state index in [0.29, 0.717) is 26.1 Å². The lowest BCUT2D eigenvalue weighted by molar-refractivity contribution is -0.133. The zero-order valence-corrected chi connectivity index (χ0v) is 7.74. The average molecular weight is 184 g/mol. The van der Waals surface area contributed by atoms with Crippen LogP contribution in [0.2, 0.25) is 0 Å². The number of hydrogen-bond acceptors (Lipinski definition) is 3. The van der Waals surface area contributed by atoms with Gasteiger partial charge in [0.2, 0.25) is 5.91 Å². The van der Waals surface area contributed by atoms with Crippen molar-refractivity contribution in [2.75, 3.05) is 19.6 Å². The van der Waals surface area contributed by atoms with Gasteiger partial charge in [-0.25, -0.2) is 0 Å². The highest BCUT2D eigenvalue weighted by Gasteiger charge is 2.21. The van der Waals surface area contributed by atoms with Crippen molar-refractivity contribution in [1.29, 1.82) is 0 Å². The van der Waals surface area contributed by atoms with Gasteiger partial charge in [0.25, 0.3) is 0 Å². The molecule has 4 heteroatoms. The quantitative estimate of drug-likeness (QED) is 0.616. The van der Waals surface area contributed by atoms with E-state index in [0.717, 1.165) is 19.1 Å². The average Bonchev–Trinajstić information content (AvgIpc) is 2.18. The zero-order valence-electron chi connectivity index (χ0n) is 7.74. The van der Waals surface area contributed by atoms with E-state index in [4.69, 9.17) is 5.73 Å². The molecular weight excluding hydrogens is 168 g/mol. The minimum Gasteiger partial charge on any atom is -0.343 e. The van der Waals surface area contributed by atoms with Crippen LogP contribution in [0.1, 0.15) is 19.3 Å². The first-order chi connectivity index (χ1) is 6.27. The monoisotopic (exact) mass is 184 g/mol. The van der Waals surface area contributed by atoms with Crippen molar-refractivity contribution in [3.63, 3.8) is 0 Å². The van der Waals surface area contributed by atoms with Crippen molar-refractivity contribution in [2.24, 2.45) is 11.7 Å². The largest absolute Gasteiger partial charge is 0.343 e. The van der Waals surface area contributed by atoms with Gasteiger partial charge in [0.05, 0.1) is 0 Å². The van der Waals surface area contributed by atoms with Crippen LogP contribution in [0, 0.1) is 5.92 Å². The fraction of sp³-hybridized carbons (Fsp3) is 0.778. The summed E-state index contributed by atoms with van der Waals surface area (Å²) in [5.74, 6) is 0.272. The minimum atomic E-state index is 0.117. The Morgan fingerprint density at radius 3 is 2.54 bits per heavy atom. The van der Waals surface area contributed by atoms with Crippen LogP contribution in [0.25, 0.3) is 0 Å². The van der Waals surface area contributed by atoms with Crippen LogP contribution >= 0.6 is 0 Å². The summed E-state index contributed by atoms with van der Waals surface area (Å²) in [6.07, 6.45) is 3.02. The lowest BCUT2D eigenvalue weighted by Gasteiger charge is -2.29. The Bertz CT molecular complexity index is 186.